The fourth-order valence-corrected chi connectivity index (χ4v) is 3.35. The number of carbonyl (C=O) groups excluding carboxylic acids is 2. The van der Waals surface area contributed by atoms with E-state index in [9.17, 15) is 14.7 Å². The summed E-state index contributed by atoms with van der Waals surface area (Å²) < 4.78 is 16.7. The molecule has 3 aromatic rings. The number of ether oxygens (including phenoxy) is 3. The van der Waals surface area contributed by atoms with E-state index in [2.05, 4.69) is 10.3 Å². The first-order chi connectivity index (χ1) is 16.7. The molecule has 0 fully saturated rings. The molecule has 8 nitrogen and oxygen atoms in total. The van der Waals surface area contributed by atoms with Gasteiger partial charge in [0.05, 0.1) is 16.4 Å². The molecule has 35 heavy (non-hydrogen) atoms. The van der Waals surface area contributed by atoms with Crippen LogP contribution in [-0.2, 0) is 20.9 Å². The number of anilines is 1. The van der Waals surface area contributed by atoms with Gasteiger partial charge in [0, 0.05) is 17.8 Å². The predicted octanol–water partition coefficient (Wildman–Crippen LogP) is 4.91. The van der Waals surface area contributed by atoms with Crippen molar-refractivity contribution in [2.75, 3.05) is 5.32 Å². The molecule has 1 unspecified atom stereocenters. The van der Waals surface area contributed by atoms with Gasteiger partial charge >= 0.3 is 5.97 Å². The minimum atomic E-state index is -1.64. The smallest absolute Gasteiger partial charge is 0.338 e. The van der Waals surface area contributed by atoms with Crippen LogP contribution < -0.4 is 10.1 Å². The normalized spacial score (nSPS) is 12.9. The fourth-order valence-electron chi connectivity index (χ4n) is 3.14. The van der Waals surface area contributed by atoms with Gasteiger partial charge in [0.2, 0.25) is 6.41 Å². The number of aldehydes is 1. The molecule has 3 rings (SSSR count). The molecule has 0 aliphatic carbocycles. The summed E-state index contributed by atoms with van der Waals surface area (Å²) in [6.45, 7) is 4.81. The summed E-state index contributed by atoms with van der Waals surface area (Å²) >= 11 is 6.29. The number of hydrogen-bond acceptors (Lipinski definition) is 8. The highest BCUT2D eigenvalue weighted by Gasteiger charge is 2.33. The topological polar surface area (TPSA) is 107 Å². The third kappa shape index (κ3) is 7.26. The van der Waals surface area contributed by atoms with Crippen molar-refractivity contribution in [2.45, 2.75) is 45.5 Å². The third-order valence-corrected chi connectivity index (χ3v) is 5.32. The van der Waals surface area contributed by atoms with Crippen LogP contribution in [-0.4, -0.2) is 34.4 Å². The van der Waals surface area contributed by atoms with Gasteiger partial charge in [-0.1, -0.05) is 48.0 Å². The van der Waals surface area contributed by atoms with Crippen molar-refractivity contribution < 1.29 is 28.9 Å². The van der Waals surface area contributed by atoms with Gasteiger partial charge in [-0.15, -0.1) is 0 Å². The van der Waals surface area contributed by atoms with E-state index in [1.54, 1.807) is 19.2 Å². The molecule has 0 spiro atoms. The van der Waals surface area contributed by atoms with E-state index >= 15 is 0 Å². The quantitative estimate of drug-likeness (QED) is 0.218. The number of carbonyl (C=O) groups is 2. The summed E-state index contributed by atoms with van der Waals surface area (Å²) in [5, 5.41) is 13.3. The van der Waals surface area contributed by atoms with Crippen LogP contribution in [0.4, 0.5) is 5.69 Å². The molecule has 2 N–H and O–H groups in total. The summed E-state index contributed by atoms with van der Waals surface area (Å²) in [7, 11) is 0. The summed E-state index contributed by atoms with van der Waals surface area (Å²) in [4.78, 5) is 28.4. The zero-order chi connectivity index (χ0) is 25.4. The lowest BCUT2D eigenvalue weighted by Gasteiger charge is -2.27. The van der Waals surface area contributed by atoms with E-state index < -0.39 is 24.1 Å². The van der Waals surface area contributed by atoms with E-state index in [0.29, 0.717) is 12.0 Å². The number of pyridine rings is 1. The maximum Gasteiger partial charge on any atom is 0.338 e. The Morgan fingerprint density at radius 1 is 1.17 bits per heavy atom. The molecule has 9 heteroatoms. The molecule has 0 saturated heterocycles. The zero-order valence-corrected chi connectivity index (χ0v) is 20.4. The van der Waals surface area contributed by atoms with Crippen LogP contribution >= 0.6 is 11.6 Å². The Morgan fingerprint density at radius 3 is 2.54 bits per heavy atom. The molecular formula is C26H27ClN2O6. The summed E-state index contributed by atoms with van der Waals surface area (Å²) in [6.07, 6.45) is 0.157. The van der Waals surface area contributed by atoms with E-state index in [4.69, 9.17) is 25.8 Å². The van der Waals surface area contributed by atoms with Crippen LogP contribution in [0.5, 0.6) is 5.75 Å². The first kappa shape index (κ1) is 26.2. The standard InChI is InChI=1S/C26H27ClN2O6/c1-17(21-11-7-8-12-28-21)34-23-14-22(19(15-30)13-20(23)27)29-25(32)35-26(2,3)24(31)33-16-18-9-5-4-6-10-18/h4-15,17,25,29,32H,16H2,1-3H3/t17-,25?/m1/s1. The number of nitrogens with one attached hydrogen (secondary N) is 1. The van der Waals surface area contributed by atoms with Crippen LogP contribution in [0.3, 0.4) is 0 Å². The van der Waals surface area contributed by atoms with Crippen molar-refractivity contribution in [3.8, 4) is 5.75 Å². The van der Waals surface area contributed by atoms with Gasteiger partial charge in [0.25, 0.3) is 0 Å². The highest BCUT2D eigenvalue weighted by molar-refractivity contribution is 6.32. The van der Waals surface area contributed by atoms with Crippen molar-refractivity contribution in [1.29, 1.82) is 0 Å². The van der Waals surface area contributed by atoms with Crippen LogP contribution in [0.1, 0.15) is 48.5 Å². The Bertz CT molecular complexity index is 1140. The zero-order valence-electron chi connectivity index (χ0n) is 19.6. The molecule has 0 amide bonds. The van der Waals surface area contributed by atoms with Crippen LogP contribution in [0.2, 0.25) is 5.02 Å². The first-order valence-electron chi connectivity index (χ1n) is 10.9. The molecule has 0 aliphatic rings. The lowest BCUT2D eigenvalue weighted by atomic mass is 10.1. The second-order valence-electron chi connectivity index (χ2n) is 8.19. The Morgan fingerprint density at radius 2 is 1.89 bits per heavy atom. The average Bonchev–Trinajstić information content (AvgIpc) is 2.85. The van der Waals surface area contributed by atoms with Crippen LogP contribution in [0.15, 0.2) is 66.9 Å². The Kier molecular flexibility index (Phi) is 8.81. The second kappa shape index (κ2) is 11.8. The summed E-state index contributed by atoms with van der Waals surface area (Å²) in [5.74, 6) is -0.395. The number of benzene rings is 2. The molecule has 1 aromatic heterocycles. The number of hydrogen-bond donors (Lipinski definition) is 2. The summed E-state index contributed by atoms with van der Waals surface area (Å²) in [5.41, 5.74) is 0.395. The SMILES string of the molecule is C[C@@H](Oc1cc(NC(O)OC(C)(C)C(=O)OCc2ccccc2)c(C=O)cc1Cl)c1ccccn1. The number of halogens is 1. The van der Waals surface area contributed by atoms with Gasteiger partial charge in [-0.2, -0.15) is 0 Å². The van der Waals surface area contributed by atoms with Crippen molar-refractivity contribution in [2.24, 2.45) is 0 Å². The highest BCUT2D eigenvalue weighted by Crippen LogP contribution is 2.34. The third-order valence-electron chi connectivity index (χ3n) is 5.03. The summed E-state index contributed by atoms with van der Waals surface area (Å²) in [6, 6.07) is 17.5. The lowest BCUT2D eigenvalue weighted by Crippen LogP contribution is -2.42. The molecule has 1 heterocycles. The van der Waals surface area contributed by atoms with Crippen LogP contribution in [0, 0.1) is 0 Å². The van der Waals surface area contributed by atoms with Gasteiger partial charge in [-0.25, -0.2) is 4.79 Å². The number of rotatable bonds is 11. The van der Waals surface area contributed by atoms with E-state index in [0.717, 1.165) is 5.56 Å². The monoisotopic (exact) mass is 498 g/mol. The number of aliphatic hydroxyl groups is 1. The number of aliphatic hydroxyl groups excluding tert-OH is 1. The van der Waals surface area contributed by atoms with Crippen molar-refractivity contribution >= 4 is 29.5 Å². The lowest BCUT2D eigenvalue weighted by molar-refractivity contribution is -0.196. The average molecular weight is 499 g/mol. The van der Waals surface area contributed by atoms with Gasteiger partial charge < -0.3 is 24.6 Å². The van der Waals surface area contributed by atoms with Gasteiger partial charge in [-0.05, 0) is 44.5 Å². The molecule has 0 bridgehead atoms. The molecule has 0 radical (unpaired) electrons. The number of esters is 1. The maximum atomic E-state index is 12.5. The van der Waals surface area contributed by atoms with Crippen LogP contribution in [0.25, 0.3) is 0 Å². The Balaban J connectivity index is 1.67. The molecular weight excluding hydrogens is 472 g/mol. The van der Waals surface area contributed by atoms with Gasteiger partial charge in [0.1, 0.15) is 18.5 Å². The number of aromatic nitrogens is 1. The number of nitrogens with zero attached hydrogens (tertiary/aromatic N) is 1. The molecule has 2 aromatic carbocycles. The van der Waals surface area contributed by atoms with Crippen molar-refractivity contribution in [3.05, 3.63) is 88.7 Å². The second-order valence-corrected chi connectivity index (χ2v) is 8.60. The largest absolute Gasteiger partial charge is 0.483 e. The highest BCUT2D eigenvalue weighted by atomic mass is 35.5. The molecule has 2 atom stereocenters. The van der Waals surface area contributed by atoms with E-state index in [1.165, 1.54) is 26.0 Å². The van der Waals surface area contributed by atoms with Gasteiger partial charge in [-0.3, -0.25) is 9.78 Å². The molecule has 0 aliphatic heterocycles. The minimum absolute atomic E-state index is 0.0671. The minimum Gasteiger partial charge on any atom is -0.483 e. The van der Waals surface area contributed by atoms with Gasteiger partial charge in [0.15, 0.2) is 11.9 Å². The predicted molar refractivity (Wildman–Crippen MR) is 131 cm³/mol. The first-order valence-corrected chi connectivity index (χ1v) is 11.3. The fraction of sp³-hybridized carbons (Fsp3) is 0.269. The Labute approximate surface area is 208 Å². The molecule has 0 saturated carbocycles. The van der Waals surface area contributed by atoms with Crippen molar-refractivity contribution in [1.82, 2.24) is 4.98 Å². The van der Waals surface area contributed by atoms with E-state index in [-0.39, 0.29) is 28.6 Å². The Hall–Kier alpha value is -3.46. The van der Waals surface area contributed by atoms with E-state index in [1.807, 2.05) is 42.5 Å². The van der Waals surface area contributed by atoms with Crippen molar-refractivity contribution in [3.63, 3.8) is 0 Å². The molecule has 184 valence electrons. The maximum absolute atomic E-state index is 12.5.